The zero-order valence-corrected chi connectivity index (χ0v) is 46.6. The summed E-state index contributed by atoms with van der Waals surface area (Å²) in [5.74, 6) is -0.299. The van der Waals surface area contributed by atoms with Gasteiger partial charge in [-0.1, -0.05) is 361 Å². The molecule has 0 bridgehead atoms. The number of hydrogen-bond acceptors (Lipinski definition) is 2. The average Bonchev–Trinajstić information content (AvgIpc) is 3.32. The maximum atomic E-state index is 13.1. The molecule has 0 fully saturated rings. The zero-order valence-electron chi connectivity index (χ0n) is 46.6. The molecule has 1 amide bonds. The fourth-order valence-corrected chi connectivity index (χ4v) is 10.6. The molecule has 1 unspecified atom stereocenters. The van der Waals surface area contributed by atoms with Crippen LogP contribution in [-0.4, -0.2) is 11.7 Å². The first-order valence-electron chi connectivity index (χ1n) is 31.5. The summed E-state index contributed by atoms with van der Waals surface area (Å²) < 4.78 is 0. The van der Waals surface area contributed by atoms with Crippen molar-refractivity contribution < 1.29 is 9.59 Å². The van der Waals surface area contributed by atoms with Gasteiger partial charge in [0.15, 0.2) is 5.78 Å². The Balaban J connectivity index is 3.66. The first kappa shape index (κ1) is 65.9. The van der Waals surface area contributed by atoms with Crippen LogP contribution in [0.3, 0.4) is 0 Å². The lowest BCUT2D eigenvalue weighted by Crippen LogP contribution is -2.17. The molecule has 67 heavy (non-hydrogen) atoms. The van der Waals surface area contributed by atoms with E-state index in [2.05, 4.69) is 13.8 Å². The van der Waals surface area contributed by atoms with Gasteiger partial charge in [-0.25, -0.2) is 0 Å². The van der Waals surface area contributed by atoms with E-state index in [4.69, 9.17) is 5.73 Å². The Morgan fingerprint density at radius 3 is 0.582 bits per heavy atom. The molecule has 3 nitrogen and oxygen atoms in total. The Morgan fingerprint density at radius 1 is 0.284 bits per heavy atom. The fourth-order valence-electron chi connectivity index (χ4n) is 10.6. The van der Waals surface area contributed by atoms with E-state index in [0.29, 0.717) is 5.57 Å². The highest BCUT2D eigenvalue weighted by Crippen LogP contribution is 2.23. The van der Waals surface area contributed by atoms with Crippen molar-refractivity contribution in [3.8, 4) is 0 Å². The van der Waals surface area contributed by atoms with Crippen molar-refractivity contribution in [1.29, 1.82) is 0 Å². The SMILES string of the molecule is CCCCCCCCCCCCCCCCCCCCCCCCCCCCCCC(CCCCCCCCCCCCCCCCCCCCCCCCCCCC)C(=O)/C=C(\C)C(N)=O. The molecule has 0 heterocycles. The second-order valence-corrected chi connectivity index (χ2v) is 22.3. The third-order valence-corrected chi connectivity index (χ3v) is 15.5. The number of carbonyl (C=O) groups is 2. The van der Waals surface area contributed by atoms with E-state index in [1.165, 1.54) is 340 Å². The second kappa shape index (κ2) is 57.5. The molecule has 1 atom stereocenters. The van der Waals surface area contributed by atoms with Crippen molar-refractivity contribution in [3.63, 3.8) is 0 Å². The van der Waals surface area contributed by atoms with Gasteiger partial charge >= 0.3 is 0 Å². The van der Waals surface area contributed by atoms with E-state index >= 15 is 0 Å². The molecule has 0 spiro atoms. The van der Waals surface area contributed by atoms with Gasteiger partial charge in [0.05, 0.1) is 0 Å². The molecule has 0 aromatic heterocycles. The zero-order chi connectivity index (χ0) is 48.6. The summed E-state index contributed by atoms with van der Waals surface area (Å²) in [6.45, 7) is 6.29. The first-order valence-corrected chi connectivity index (χ1v) is 31.5. The monoisotopic (exact) mass is 940 g/mol. The van der Waals surface area contributed by atoms with Crippen molar-refractivity contribution in [3.05, 3.63) is 11.6 Å². The van der Waals surface area contributed by atoms with Crippen LogP contribution in [0.5, 0.6) is 0 Å². The van der Waals surface area contributed by atoms with Gasteiger partial charge in [-0.2, -0.15) is 0 Å². The predicted molar refractivity (Wildman–Crippen MR) is 301 cm³/mol. The molecule has 2 N–H and O–H groups in total. The number of amides is 1. The summed E-state index contributed by atoms with van der Waals surface area (Å²) in [6, 6.07) is 0. The van der Waals surface area contributed by atoms with E-state index in [0.717, 1.165) is 25.7 Å². The van der Waals surface area contributed by atoms with Crippen LogP contribution in [0.1, 0.15) is 380 Å². The smallest absolute Gasteiger partial charge is 0.244 e. The third-order valence-electron chi connectivity index (χ3n) is 15.5. The minimum absolute atomic E-state index is 0.0488. The van der Waals surface area contributed by atoms with Gasteiger partial charge in [0.2, 0.25) is 5.91 Å². The van der Waals surface area contributed by atoms with E-state index in [9.17, 15) is 9.59 Å². The lowest BCUT2D eigenvalue weighted by Gasteiger charge is -2.14. The van der Waals surface area contributed by atoms with Crippen LogP contribution < -0.4 is 5.73 Å². The largest absolute Gasteiger partial charge is 0.366 e. The summed E-state index contributed by atoms with van der Waals surface area (Å²) in [5.41, 5.74) is 5.87. The van der Waals surface area contributed by atoms with Crippen LogP contribution in [0.2, 0.25) is 0 Å². The highest BCUT2D eigenvalue weighted by Gasteiger charge is 2.17. The molecule has 0 radical (unpaired) electrons. The highest BCUT2D eigenvalue weighted by atomic mass is 16.1. The van der Waals surface area contributed by atoms with Crippen molar-refractivity contribution in [2.45, 2.75) is 380 Å². The quantitative estimate of drug-likeness (QED) is 0.0488. The number of hydrogen-bond donors (Lipinski definition) is 1. The Labute approximate surface area is 423 Å². The molecular weight excluding hydrogens is 815 g/mol. The normalized spacial score (nSPS) is 12.4. The molecule has 0 aromatic rings. The second-order valence-electron chi connectivity index (χ2n) is 22.3. The summed E-state index contributed by atoms with van der Waals surface area (Å²) >= 11 is 0. The van der Waals surface area contributed by atoms with Gasteiger partial charge in [-0.3, -0.25) is 9.59 Å². The number of unbranched alkanes of at least 4 members (excludes halogenated alkanes) is 52. The molecule has 0 aliphatic rings. The topological polar surface area (TPSA) is 60.2 Å². The van der Waals surface area contributed by atoms with Gasteiger partial charge in [0.1, 0.15) is 0 Å². The van der Waals surface area contributed by atoms with Crippen LogP contribution in [0, 0.1) is 5.92 Å². The van der Waals surface area contributed by atoms with E-state index in [-0.39, 0.29) is 11.7 Å². The number of rotatable bonds is 59. The molecule has 0 saturated heterocycles. The van der Waals surface area contributed by atoms with Crippen molar-refractivity contribution in [2.24, 2.45) is 11.7 Å². The summed E-state index contributed by atoms with van der Waals surface area (Å²) in [4.78, 5) is 24.8. The lowest BCUT2D eigenvalue weighted by atomic mass is 9.89. The maximum absolute atomic E-state index is 13.1. The third kappa shape index (κ3) is 54.1. The standard InChI is InChI=1S/C64H125NO2/c1-4-6-8-10-12-14-16-18-20-22-24-26-28-30-32-33-35-37-39-41-43-45-47-49-51-53-55-57-59-62(63(66)60-61(3)64(65)67)58-56-54-52-50-48-46-44-42-40-38-36-34-31-29-27-25-23-21-19-17-15-13-11-9-7-5-2/h60,62H,4-59H2,1-3H3,(H2,65,67)/b61-60+. The average molecular weight is 941 g/mol. The lowest BCUT2D eigenvalue weighted by molar-refractivity contribution is -0.119. The van der Waals surface area contributed by atoms with Gasteiger partial charge in [0.25, 0.3) is 0 Å². The minimum atomic E-state index is -0.474. The van der Waals surface area contributed by atoms with E-state index in [1.54, 1.807) is 6.92 Å². The fraction of sp³-hybridized carbons (Fsp3) is 0.938. The Bertz CT molecular complexity index is 1000. The van der Waals surface area contributed by atoms with Crippen LogP contribution in [0.4, 0.5) is 0 Å². The summed E-state index contributed by atoms with van der Waals surface area (Å²) in [7, 11) is 0. The number of primary amides is 1. The van der Waals surface area contributed by atoms with E-state index in [1.807, 2.05) is 0 Å². The molecule has 398 valence electrons. The Morgan fingerprint density at radius 2 is 0.433 bits per heavy atom. The van der Waals surface area contributed by atoms with Crippen molar-refractivity contribution in [1.82, 2.24) is 0 Å². The van der Waals surface area contributed by atoms with Crippen molar-refractivity contribution >= 4 is 11.7 Å². The molecule has 3 heteroatoms. The predicted octanol–water partition coefficient (Wildman–Crippen LogP) is 22.5. The molecule has 0 aliphatic carbocycles. The van der Waals surface area contributed by atoms with Crippen LogP contribution in [0.25, 0.3) is 0 Å². The number of ketones is 1. The van der Waals surface area contributed by atoms with Gasteiger partial charge in [-0.15, -0.1) is 0 Å². The van der Waals surface area contributed by atoms with Gasteiger partial charge in [-0.05, 0) is 25.8 Å². The van der Waals surface area contributed by atoms with Crippen LogP contribution in [0.15, 0.2) is 11.6 Å². The Hall–Kier alpha value is -1.12. The molecule has 0 rings (SSSR count). The molecule has 0 saturated carbocycles. The number of carbonyl (C=O) groups excluding carboxylic acids is 2. The van der Waals surface area contributed by atoms with E-state index < -0.39 is 5.91 Å². The number of allylic oxidation sites excluding steroid dienone is 1. The van der Waals surface area contributed by atoms with Gasteiger partial charge < -0.3 is 5.73 Å². The van der Waals surface area contributed by atoms with Gasteiger partial charge in [0, 0.05) is 11.5 Å². The number of nitrogens with two attached hydrogens (primary N) is 1. The molecule has 0 aliphatic heterocycles. The highest BCUT2D eigenvalue weighted by molar-refractivity contribution is 6.01. The molecular formula is C64H125NO2. The summed E-state index contributed by atoms with van der Waals surface area (Å²) in [5, 5.41) is 0. The van der Waals surface area contributed by atoms with Crippen LogP contribution >= 0.6 is 0 Å². The summed E-state index contributed by atoms with van der Waals surface area (Å²) in [6.07, 6.45) is 79.7. The Kier molecular flexibility index (Phi) is 56.5. The maximum Gasteiger partial charge on any atom is 0.244 e. The first-order chi connectivity index (χ1) is 33.0. The van der Waals surface area contributed by atoms with Crippen molar-refractivity contribution in [2.75, 3.05) is 0 Å². The van der Waals surface area contributed by atoms with Crippen LogP contribution in [-0.2, 0) is 9.59 Å². The molecule has 0 aromatic carbocycles. The minimum Gasteiger partial charge on any atom is -0.366 e.